The molecule has 1 atom stereocenters. The van der Waals surface area contributed by atoms with Crippen molar-refractivity contribution >= 4 is 5.91 Å². The van der Waals surface area contributed by atoms with Crippen molar-refractivity contribution in [1.82, 2.24) is 20.4 Å². The molecular formula is C16H30N4O. The van der Waals surface area contributed by atoms with E-state index in [4.69, 9.17) is 0 Å². The first-order chi connectivity index (χ1) is 9.99. The number of carbonyl (C=O) groups is 1. The predicted molar refractivity (Wildman–Crippen MR) is 86.3 cm³/mol. The second-order valence-corrected chi connectivity index (χ2v) is 6.69. The molecule has 0 aromatic carbocycles. The highest BCUT2D eigenvalue weighted by Crippen LogP contribution is 2.14. The van der Waals surface area contributed by atoms with Gasteiger partial charge in [-0.2, -0.15) is 0 Å². The number of likely N-dealkylation sites (N-methyl/N-ethyl adjacent to an activating group) is 1. The van der Waals surface area contributed by atoms with Gasteiger partial charge in [0.15, 0.2) is 0 Å². The number of hydrogen-bond acceptors (Lipinski definition) is 4. The van der Waals surface area contributed by atoms with E-state index in [9.17, 15) is 4.79 Å². The molecular weight excluding hydrogens is 264 g/mol. The van der Waals surface area contributed by atoms with E-state index >= 15 is 0 Å². The molecule has 0 aromatic rings. The maximum Gasteiger partial charge on any atom is 0.247 e. The summed E-state index contributed by atoms with van der Waals surface area (Å²) in [4.78, 5) is 17.1. The van der Waals surface area contributed by atoms with Crippen LogP contribution in [-0.2, 0) is 4.79 Å². The second kappa shape index (κ2) is 7.38. The van der Waals surface area contributed by atoms with E-state index in [-0.39, 0.29) is 5.91 Å². The topological polar surface area (TPSA) is 47.6 Å². The monoisotopic (exact) mass is 294 g/mol. The Morgan fingerprint density at radius 3 is 2.33 bits per heavy atom. The van der Waals surface area contributed by atoms with Crippen molar-refractivity contribution in [2.75, 3.05) is 52.9 Å². The minimum absolute atomic E-state index is 0.103. The molecule has 21 heavy (non-hydrogen) atoms. The molecule has 2 fully saturated rings. The summed E-state index contributed by atoms with van der Waals surface area (Å²) < 4.78 is 0. The van der Waals surface area contributed by atoms with Gasteiger partial charge in [-0.15, -0.1) is 0 Å². The van der Waals surface area contributed by atoms with E-state index in [0.29, 0.717) is 12.0 Å². The molecule has 5 heteroatoms. The number of nitrogens with zero attached hydrogens (tertiary/aromatic N) is 2. The molecule has 1 amide bonds. The van der Waals surface area contributed by atoms with Crippen molar-refractivity contribution in [3.05, 3.63) is 11.1 Å². The molecule has 2 heterocycles. The molecule has 0 saturated carbocycles. The van der Waals surface area contributed by atoms with Crippen LogP contribution in [-0.4, -0.2) is 74.6 Å². The highest BCUT2D eigenvalue weighted by Gasteiger charge is 2.25. The number of nitrogens with one attached hydrogen (secondary N) is 2. The third kappa shape index (κ3) is 4.28. The van der Waals surface area contributed by atoms with Gasteiger partial charge in [-0.1, -0.05) is 13.8 Å². The van der Waals surface area contributed by atoms with Gasteiger partial charge < -0.3 is 15.5 Å². The molecule has 1 unspecified atom stereocenters. The maximum absolute atomic E-state index is 12.2. The quantitative estimate of drug-likeness (QED) is 0.716. The van der Waals surface area contributed by atoms with Gasteiger partial charge in [-0.3, -0.25) is 9.69 Å². The number of carbonyl (C=O) groups excluding carboxylic acids is 1. The second-order valence-electron chi connectivity index (χ2n) is 6.69. The van der Waals surface area contributed by atoms with Crippen molar-refractivity contribution in [1.29, 1.82) is 0 Å². The summed E-state index contributed by atoms with van der Waals surface area (Å²) in [7, 11) is 2.17. The number of rotatable bonds is 5. The summed E-state index contributed by atoms with van der Waals surface area (Å²) in [5.41, 5.74) is 2.14. The lowest BCUT2D eigenvalue weighted by atomic mass is 10.0. The molecule has 2 saturated heterocycles. The zero-order chi connectivity index (χ0) is 15.4. The van der Waals surface area contributed by atoms with E-state index in [1.807, 2.05) is 6.92 Å². The molecule has 5 nitrogen and oxygen atoms in total. The van der Waals surface area contributed by atoms with E-state index in [2.05, 4.69) is 41.3 Å². The van der Waals surface area contributed by atoms with Gasteiger partial charge in [0.1, 0.15) is 0 Å². The van der Waals surface area contributed by atoms with Crippen molar-refractivity contribution in [3.63, 3.8) is 0 Å². The van der Waals surface area contributed by atoms with Crippen LogP contribution in [0.25, 0.3) is 0 Å². The first kappa shape index (κ1) is 16.5. The van der Waals surface area contributed by atoms with Gasteiger partial charge in [-0.05, 0) is 25.5 Å². The van der Waals surface area contributed by atoms with E-state index in [0.717, 1.165) is 51.4 Å². The van der Waals surface area contributed by atoms with Crippen LogP contribution in [0.2, 0.25) is 0 Å². The van der Waals surface area contributed by atoms with Crippen LogP contribution in [0.15, 0.2) is 11.1 Å². The van der Waals surface area contributed by atoms with E-state index < -0.39 is 0 Å². The standard InChI is InChI=1S/C16H30N4O/c1-12(2)15(20-7-5-19(4)6-8-20)11-18-16(21)13(3)14-9-17-10-14/h12,15,17H,5-11H2,1-4H3,(H,18,21). The maximum atomic E-state index is 12.2. The highest BCUT2D eigenvalue weighted by atomic mass is 16.1. The fourth-order valence-corrected chi connectivity index (χ4v) is 2.95. The van der Waals surface area contributed by atoms with Crippen molar-refractivity contribution < 1.29 is 4.79 Å². The Bertz CT molecular complexity index is 391. The Balaban J connectivity index is 1.87. The van der Waals surface area contributed by atoms with Crippen LogP contribution in [0.1, 0.15) is 20.8 Å². The predicted octanol–water partition coefficient (Wildman–Crippen LogP) is 0.294. The molecule has 0 bridgehead atoms. The first-order valence-electron chi connectivity index (χ1n) is 8.09. The summed E-state index contributed by atoms with van der Waals surface area (Å²) >= 11 is 0. The zero-order valence-electron chi connectivity index (χ0n) is 13.9. The third-order valence-electron chi connectivity index (χ3n) is 4.80. The summed E-state index contributed by atoms with van der Waals surface area (Å²) in [5.74, 6) is 0.651. The Morgan fingerprint density at radius 2 is 1.86 bits per heavy atom. The van der Waals surface area contributed by atoms with Gasteiger partial charge in [0.2, 0.25) is 5.91 Å². The number of hydrogen-bond donors (Lipinski definition) is 2. The summed E-state index contributed by atoms with van der Waals surface area (Å²) in [6, 6.07) is 0.431. The molecule has 0 radical (unpaired) electrons. The van der Waals surface area contributed by atoms with Crippen molar-refractivity contribution in [2.45, 2.75) is 26.8 Å². The minimum atomic E-state index is 0.103. The highest BCUT2D eigenvalue weighted by molar-refractivity contribution is 5.93. The first-order valence-corrected chi connectivity index (χ1v) is 8.09. The average molecular weight is 294 g/mol. The molecule has 120 valence electrons. The lowest BCUT2D eigenvalue weighted by molar-refractivity contribution is -0.117. The lowest BCUT2D eigenvalue weighted by Gasteiger charge is -2.40. The fourth-order valence-electron chi connectivity index (χ4n) is 2.95. The van der Waals surface area contributed by atoms with Crippen molar-refractivity contribution in [2.24, 2.45) is 5.92 Å². The van der Waals surface area contributed by atoms with Crippen LogP contribution >= 0.6 is 0 Å². The van der Waals surface area contributed by atoms with Gasteiger partial charge in [0.05, 0.1) is 0 Å². The van der Waals surface area contributed by atoms with Crippen LogP contribution in [0.3, 0.4) is 0 Å². The van der Waals surface area contributed by atoms with Crippen LogP contribution < -0.4 is 10.6 Å². The third-order valence-corrected chi connectivity index (χ3v) is 4.80. The fraction of sp³-hybridized carbons (Fsp3) is 0.812. The average Bonchev–Trinajstić information content (AvgIpc) is 2.38. The van der Waals surface area contributed by atoms with Crippen LogP contribution in [0, 0.1) is 5.92 Å². The SMILES string of the molecule is CC(C(=O)NCC(C(C)C)N1CCN(C)CC1)=C1CNC1. The van der Waals surface area contributed by atoms with E-state index in [1.165, 1.54) is 5.57 Å². The van der Waals surface area contributed by atoms with Crippen LogP contribution in [0.4, 0.5) is 0 Å². The minimum Gasteiger partial charge on any atom is -0.351 e. The summed E-state index contributed by atoms with van der Waals surface area (Å²) in [6.07, 6.45) is 0. The molecule has 0 aromatic heterocycles. The Kier molecular flexibility index (Phi) is 5.79. The molecule has 2 aliphatic rings. The number of amides is 1. The summed E-state index contributed by atoms with van der Waals surface area (Å²) in [6.45, 7) is 13.3. The Hall–Kier alpha value is -0.910. The smallest absolute Gasteiger partial charge is 0.247 e. The number of piperazine rings is 1. The zero-order valence-corrected chi connectivity index (χ0v) is 13.9. The molecule has 2 rings (SSSR count). The lowest BCUT2D eigenvalue weighted by Crippen LogP contribution is -2.54. The van der Waals surface area contributed by atoms with Gasteiger partial charge >= 0.3 is 0 Å². The van der Waals surface area contributed by atoms with Gasteiger partial charge in [0.25, 0.3) is 0 Å². The molecule has 2 N–H and O–H groups in total. The van der Waals surface area contributed by atoms with Crippen LogP contribution in [0.5, 0.6) is 0 Å². The molecule has 0 aliphatic carbocycles. The normalized spacial score (nSPS) is 22.0. The molecule has 2 aliphatic heterocycles. The molecule has 0 spiro atoms. The Labute approximate surface area is 128 Å². The Morgan fingerprint density at radius 1 is 1.24 bits per heavy atom. The largest absolute Gasteiger partial charge is 0.351 e. The van der Waals surface area contributed by atoms with Gasteiger partial charge in [-0.25, -0.2) is 0 Å². The van der Waals surface area contributed by atoms with Gasteiger partial charge in [0, 0.05) is 57.4 Å². The van der Waals surface area contributed by atoms with Crippen molar-refractivity contribution in [3.8, 4) is 0 Å². The van der Waals surface area contributed by atoms with E-state index in [1.54, 1.807) is 0 Å². The summed E-state index contributed by atoms with van der Waals surface area (Å²) in [5, 5.41) is 6.33.